The fourth-order valence-electron chi connectivity index (χ4n) is 1.45. The molecule has 1 heterocycles. The number of halogens is 2. The summed E-state index contributed by atoms with van der Waals surface area (Å²) >= 11 is 0. The first-order chi connectivity index (χ1) is 6.61. The standard InChI is InChI=1S/C10H10F2N2/c1-6(2)14-5-13-8-4-3-7(11)9(12)10(8)14/h3-6H,1-2H3. The molecule has 0 N–H and O–H groups in total. The molecule has 0 radical (unpaired) electrons. The van der Waals surface area contributed by atoms with Gasteiger partial charge >= 0.3 is 0 Å². The maximum atomic E-state index is 13.4. The second kappa shape index (κ2) is 3.04. The Kier molecular flexibility index (Phi) is 1.98. The zero-order valence-corrected chi connectivity index (χ0v) is 7.96. The lowest BCUT2D eigenvalue weighted by Gasteiger charge is -2.08. The van der Waals surface area contributed by atoms with E-state index in [1.807, 2.05) is 13.8 Å². The van der Waals surface area contributed by atoms with Gasteiger partial charge in [-0.2, -0.15) is 0 Å². The van der Waals surface area contributed by atoms with Crippen molar-refractivity contribution in [3.05, 3.63) is 30.1 Å². The maximum Gasteiger partial charge on any atom is 0.184 e. The van der Waals surface area contributed by atoms with E-state index in [1.165, 1.54) is 12.4 Å². The number of hydrogen-bond donors (Lipinski definition) is 0. The number of nitrogens with zero attached hydrogens (tertiary/aromatic N) is 2. The van der Waals surface area contributed by atoms with Crippen molar-refractivity contribution in [1.29, 1.82) is 0 Å². The third-order valence-electron chi connectivity index (χ3n) is 2.18. The topological polar surface area (TPSA) is 17.8 Å². The fraction of sp³-hybridized carbons (Fsp3) is 0.300. The van der Waals surface area contributed by atoms with Gasteiger partial charge in [0.15, 0.2) is 11.6 Å². The quantitative estimate of drug-likeness (QED) is 0.685. The van der Waals surface area contributed by atoms with Crippen molar-refractivity contribution in [3.63, 3.8) is 0 Å². The number of fused-ring (bicyclic) bond motifs is 1. The maximum absolute atomic E-state index is 13.4. The average molecular weight is 196 g/mol. The monoisotopic (exact) mass is 196 g/mol. The molecule has 1 aromatic carbocycles. The largest absolute Gasteiger partial charge is 0.326 e. The molecule has 0 saturated carbocycles. The Morgan fingerprint density at radius 2 is 2.00 bits per heavy atom. The van der Waals surface area contributed by atoms with Gasteiger partial charge in [0, 0.05) is 6.04 Å². The number of rotatable bonds is 1. The molecule has 1 aromatic heterocycles. The number of benzene rings is 1. The molecule has 0 aliphatic carbocycles. The third kappa shape index (κ3) is 1.18. The second-order valence-corrected chi connectivity index (χ2v) is 3.47. The van der Waals surface area contributed by atoms with Crippen LogP contribution < -0.4 is 0 Å². The summed E-state index contributed by atoms with van der Waals surface area (Å²) in [4.78, 5) is 4.00. The van der Waals surface area contributed by atoms with Crippen LogP contribution in [0.4, 0.5) is 8.78 Å². The summed E-state index contributed by atoms with van der Waals surface area (Å²) in [5.74, 6) is -1.66. The molecule has 74 valence electrons. The SMILES string of the molecule is CC(C)n1cnc2ccc(F)c(F)c21. The van der Waals surface area contributed by atoms with E-state index in [1.54, 1.807) is 4.57 Å². The first-order valence-electron chi connectivity index (χ1n) is 4.42. The van der Waals surface area contributed by atoms with Crippen LogP contribution >= 0.6 is 0 Å². The van der Waals surface area contributed by atoms with E-state index in [2.05, 4.69) is 4.98 Å². The highest BCUT2D eigenvalue weighted by molar-refractivity contribution is 5.76. The van der Waals surface area contributed by atoms with Crippen molar-refractivity contribution < 1.29 is 8.78 Å². The first-order valence-corrected chi connectivity index (χ1v) is 4.42. The Bertz CT molecular complexity index is 474. The summed E-state index contributed by atoms with van der Waals surface area (Å²) in [5, 5.41) is 0. The predicted octanol–water partition coefficient (Wildman–Crippen LogP) is 2.90. The highest BCUT2D eigenvalue weighted by Crippen LogP contribution is 2.22. The summed E-state index contributed by atoms with van der Waals surface area (Å²) in [6.07, 6.45) is 1.53. The van der Waals surface area contributed by atoms with Crippen LogP contribution in [0.25, 0.3) is 11.0 Å². The molecule has 0 amide bonds. The van der Waals surface area contributed by atoms with Gasteiger partial charge in [0.2, 0.25) is 0 Å². The van der Waals surface area contributed by atoms with E-state index >= 15 is 0 Å². The summed E-state index contributed by atoms with van der Waals surface area (Å²) in [6.45, 7) is 3.79. The van der Waals surface area contributed by atoms with Crippen molar-refractivity contribution in [3.8, 4) is 0 Å². The lowest BCUT2D eigenvalue weighted by molar-refractivity contribution is 0.506. The van der Waals surface area contributed by atoms with Gasteiger partial charge in [-0.15, -0.1) is 0 Å². The normalized spacial score (nSPS) is 11.5. The molecule has 0 spiro atoms. The van der Waals surface area contributed by atoms with Crippen molar-refractivity contribution in [2.24, 2.45) is 0 Å². The molecule has 2 nitrogen and oxygen atoms in total. The Labute approximate surface area is 80.2 Å². The third-order valence-corrected chi connectivity index (χ3v) is 2.18. The van der Waals surface area contributed by atoms with Gasteiger partial charge in [-0.3, -0.25) is 0 Å². The smallest absolute Gasteiger partial charge is 0.184 e. The molecule has 4 heteroatoms. The van der Waals surface area contributed by atoms with Crippen LogP contribution in [0.1, 0.15) is 19.9 Å². The molecule has 0 aliphatic rings. The minimum absolute atomic E-state index is 0.0660. The highest BCUT2D eigenvalue weighted by atomic mass is 19.2. The minimum atomic E-state index is -0.833. The van der Waals surface area contributed by atoms with Crippen LogP contribution in [-0.4, -0.2) is 9.55 Å². The van der Waals surface area contributed by atoms with E-state index in [0.717, 1.165) is 6.07 Å². The van der Waals surface area contributed by atoms with Crippen LogP contribution in [0.3, 0.4) is 0 Å². The molecule has 0 fully saturated rings. The van der Waals surface area contributed by atoms with Crippen LogP contribution in [0.2, 0.25) is 0 Å². The predicted molar refractivity (Wildman–Crippen MR) is 50.0 cm³/mol. The van der Waals surface area contributed by atoms with Crippen molar-refractivity contribution in [2.75, 3.05) is 0 Å². The zero-order chi connectivity index (χ0) is 10.3. The summed E-state index contributed by atoms with van der Waals surface area (Å²) in [7, 11) is 0. The average Bonchev–Trinajstić information content (AvgIpc) is 2.55. The molecular formula is C10H10F2N2. The molecule has 2 aromatic rings. The fourth-order valence-corrected chi connectivity index (χ4v) is 1.45. The van der Waals surface area contributed by atoms with Crippen LogP contribution in [-0.2, 0) is 0 Å². The van der Waals surface area contributed by atoms with E-state index in [4.69, 9.17) is 0 Å². The second-order valence-electron chi connectivity index (χ2n) is 3.47. The molecule has 0 bridgehead atoms. The van der Waals surface area contributed by atoms with Crippen LogP contribution in [0.5, 0.6) is 0 Å². The van der Waals surface area contributed by atoms with E-state index in [9.17, 15) is 8.78 Å². The summed E-state index contributed by atoms with van der Waals surface area (Å²) in [6, 6.07) is 2.64. The molecular weight excluding hydrogens is 186 g/mol. The zero-order valence-electron chi connectivity index (χ0n) is 7.96. The van der Waals surface area contributed by atoms with Crippen molar-refractivity contribution in [2.45, 2.75) is 19.9 Å². The summed E-state index contributed by atoms with van der Waals surface area (Å²) < 4.78 is 28.0. The molecule has 14 heavy (non-hydrogen) atoms. The van der Waals surface area contributed by atoms with Gasteiger partial charge in [-0.25, -0.2) is 13.8 Å². The van der Waals surface area contributed by atoms with Crippen molar-refractivity contribution in [1.82, 2.24) is 9.55 Å². The Morgan fingerprint density at radius 1 is 1.29 bits per heavy atom. The lowest BCUT2D eigenvalue weighted by Crippen LogP contribution is -2.00. The first kappa shape index (κ1) is 9.12. The van der Waals surface area contributed by atoms with Crippen LogP contribution in [0, 0.1) is 11.6 Å². The molecule has 2 rings (SSSR count). The molecule has 0 atom stereocenters. The molecule has 0 saturated heterocycles. The van der Waals surface area contributed by atoms with Gasteiger partial charge in [0.1, 0.15) is 5.52 Å². The van der Waals surface area contributed by atoms with E-state index < -0.39 is 11.6 Å². The minimum Gasteiger partial charge on any atom is -0.326 e. The Morgan fingerprint density at radius 3 is 2.64 bits per heavy atom. The lowest BCUT2D eigenvalue weighted by atomic mass is 10.2. The Balaban J connectivity index is 2.82. The molecule has 0 aliphatic heterocycles. The van der Waals surface area contributed by atoms with Gasteiger partial charge in [-0.05, 0) is 26.0 Å². The van der Waals surface area contributed by atoms with E-state index in [0.29, 0.717) is 5.52 Å². The number of imidazole rings is 1. The van der Waals surface area contributed by atoms with Gasteiger partial charge in [0.25, 0.3) is 0 Å². The van der Waals surface area contributed by atoms with Gasteiger partial charge in [-0.1, -0.05) is 0 Å². The van der Waals surface area contributed by atoms with Crippen molar-refractivity contribution >= 4 is 11.0 Å². The summed E-state index contributed by atoms with van der Waals surface area (Å²) in [5.41, 5.74) is 0.720. The van der Waals surface area contributed by atoms with E-state index in [-0.39, 0.29) is 11.6 Å². The van der Waals surface area contributed by atoms with Gasteiger partial charge < -0.3 is 4.57 Å². The van der Waals surface area contributed by atoms with Gasteiger partial charge in [0.05, 0.1) is 11.8 Å². The Hall–Kier alpha value is -1.45. The van der Waals surface area contributed by atoms with Crippen LogP contribution in [0.15, 0.2) is 18.5 Å². The molecule has 0 unspecified atom stereocenters. The number of aromatic nitrogens is 2. The highest BCUT2D eigenvalue weighted by Gasteiger charge is 2.13. The number of hydrogen-bond acceptors (Lipinski definition) is 1.